The van der Waals surface area contributed by atoms with Crippen LogP contribution in [-0.2, 0) is 33.4 Å². The number of ether oxygens (including phenoxy) is 2. The second kappa shape index (κ2) is 15.4. The third kappa shape index (κ3) is 9.52. The van der Waals surface area contributed by atoms with Crippen molar-refractivity contribution in [1.82, 2.24) is 9.80 Å². The van der Waals surface area contributed by atoms with Crippen LogP contribution in [0.2, 0.25) is 0 Å². The Morgan fingerprint density at radius 2 is 1.12 bits per heavy atom. The molecule has 0 saturated carbocycles. The van der Waals surface area contributed by atoms with Crippen LogP contribution in [0, 0.1) is 10.8 Å². The smallest absolute Gasteiger partial charge is 0.315 e. The summed E-state index contributed by atoms with van der Waals surface area (Å²) >= 11 is 0. The molecule has 0 bridgehead atoms. The van der Waals surface area contributed by atoms with Gasteiger partial charge in [-0.25, -0.2) is 0 Å². The van der Waals surface area contributed by atoms with Gasteiger partial charge >= 0.3 is 11.9 Å². The van der Waals surface area contributed by atoms with E-state index in [1.165, 1.54) is 0 Å². The summed E-state index contributed by atoms with van der Waals surface area (Å²) in [5.74, 6) is -1.08. The van der Waals surface area contributed by atoms with Crippen molar-refractivity contribution in [3.8, 4) is 0 Å². The first kappa shape index (κ1) is 38.4. The number of aldehydes is 1. The molecule has 1 N–H and O–H groups in total. The fourth-order valence-corrected chi connectivity index (χ4v) is 6.16. The first-order valence-electron chi connectivity index (χ1n) is 16.6. The Morgan fingerprint density at radius 1 is 0.750 bits per heavy atom. The van der Waals surface area contributed by atoms with Gasteiger partial charge in [-0.05, 0) is 72.9 Å². The number of carbonyl (C=O) groups is 5. The van der Waals surface area contributed by atoms with Crippen molar-refractivity contribution in [3.63, 3.8) is 0 Å². The molecule has 0 radical (unpaired) electrons. The molecule has 0 unspecified atom stereocenters. The average molecular weight is 665 g/mol. The Balaban J connectivity index is 0.000000260. The van der Waals surface area contributed by atoms with Gasteiger partial charge in [-0.1, -0.05) is 60.7 Å². The van der Waals surface area contributed by atoms with Gasteiger partial charge in [0.05, 0.1) is 17.5 Å². The molecule has 262 valence electrons. The van der Waals surface area contributed by atoms with E-state index in [1.807, 2.05) is 74.5 Å². The van der Waals surface area contributed by atoms with E-state index in [-0.39, 0.29) is 69.3 Å². The van der Waals surface area contributed by atoms with Crippen LogP contribution in [0.15, 0.2) is 60.7 Å². The lowest BCUT2D eigenvalue weighted by Gasteiger charge is -2.32. The summed E-state index contributed by atoms with van der Waals surface area (Å²) in [6.45, 7) is 15.0. The van der Waals surface area contributed by atoms with E-state index in [0.29, 0.717) is 6.29 Å². The van der Waals surface area contributed by atoms with Crippen LogP contribution in [0.3, 0.4) is 0 Å². The highest BCUT2D eigenvalue weighted by Crippen LogP contribution is 2.42. The highest BCUT2D eigenvalue weighted by atomic mass is 16.6. The Kier molecular flexibility index (Phi) is 12.4. The Hall–Kier alpha value is -4.05. The first-order chi connectivity index (χ1) is 22.4. The number of benzene rings is 2. The minimum Gasteiger partial charge on any atom is -0.459 e. The van der Waals surface area contributed by atoms with E-state index < -0.39 is 34.0 Å². The zero-order valence-corrected chi connectivity index (χ0v) is 29.7. The fraction of sp³-hybridized carbons (Fsp3) is 0.553. The fourth-order valence-electron chi connectivity index (χ4n) is 6.16. The number of amides is 2. The van der Waals surface area contributed by atoms with E-state index in [4.69, 9.17) is 9.47 Å². The van der Waals surface area contributed by atoms with Crippen molar-refractivity contribution >= 4 is 30.0 Å². The summed E-state index contributed by atoms with van der Waals surface area (Å²) in [5.41, 5.74) is -1.32. The van der Waals surface area contributed by atoms with Crippen molar-refractivity contribution in [2.24, 2.45) is 10.8 Å². The van der Waals surface area contributed by atoms with Gasteiger partial charge in [0.2, 0.25) is 11.8 Å². The summed E-state index contributed by atoms with van der Waals surface area (Å²) < 4.78 is 11.0. The summed E-state index contributed by atoms with van der Waals surface area (Å²) in [7, 11) is 0. The number of carbonyl (C=O) groups excluding carboxylic acids is 5. The maximum atomic E-state index is 12.7. The van der Waals surface area contributed by atoms with Crippen molar-refractivity contribution in [1.29, 1.82) is 0 Å². The Bertz CT molecular complexity index is 1430. The molecule has 2 heterocycles. The van der Waals surface area contributed by atoms with Gasteiger partial charge in [0.15, 0.2) is 0 Å². The normalized spacial score (nSPS) is 22.4. The number of aliphatic hydroxyl groups is 1. The van der Waals surface area contributed by atoms with Crippen LogP contribution in [0.4, 0.5) is 0 Å². The molecule has 2 saturated heterocycles. The number of aliphatic hydroxyl groups excluding tert-OH is 1. The van der Waals surface area contributed by atoms with Gasteiger partial charge in [0.25, 0.3) is 0 Å². The Labute approximate surface area is 284 Å². The van der Waals surface area contributed by atoms with E-state index in [1.54, 1.807) is 51.3 Å². The molecule has 0 aromatic heterocycles. The lowest BCUT2D eigenvalue weighted by atomic mass is 9.83. The zero-order chi connectivity index (χ0) is 35.9. The molecule has 48 heavy (non-hydrogen) atoms. The first-order valence-corrected chi connectivity index (χ1v) is 16.6. The third-order valence-electron chi connectivity index (χ3n) is 8.79. The molecule has 2 aromatic carbocycles. The van der Waals surface area contributed by atoms with Gasteiger partial charge < -0.3 is 29.2 Å². The Morgan fingerprint density at radius 3 is 1.50 bits per heavy atom. The number of esters is 2. The zero-order valence-electron chi connectivity index (χ0n) is 29.7. The topological polar surface area (TPSA) is 131 Å². The molecular weight excluding hydrogens is 612 g/mol. The number of likely N-dealkylation sites (tertiary alicyclic amines) is 2. The molecule has 2 aliphatic heterocycles. The maximum Gasteiger partial charge on any atom is 0.315 e. The summed E-state index contributed by atoms with van der Waals surface area (Å²) in [4.78, 5) is 65.1. The van der Waals surface area contributed by atoms with Crippen LogP contribution >= 0.6 is 0 Å². The highest BCUT2D eigenvalue weighted by Gasteiger charge is 2.53. The van der Waals surface area contributed by atoms with E-state index in [9.17, 15) is 29.1 Å². The van der Waals surface area contributed by atoms with Crippen molar-refractivity contribution in [2.75, 3.05) is 19.7 Å². The lowest BCUT2D eigenvalue weighted by molar-refractivity contribution is -0.169. The molecule has 0 aliphatic carbocycles. The minimum atomic E-state index is -1.09. The third-order valence-corrected chi connectivity index (χ3v) is 8.79. The van der Waals surface area contributed by atoms with Crippen molar-refractivity contribution in [2.45, 2.75) is 104 Å². The molecule has 2 amide bonds. The predicted molar refractivity (Wildman–Crippen MR) is 181 cm³/mol. The van der Waals surface area contributed by atoms with Crippen LogP contribution in [0.1, 0.15) is 104 Å². The molecule has 10 heteroatoms. The number of rotatable bonds is 10. The average Bonchev–Trinajstić information content (AvgIpc) is 3.53. The summed E-state index contributed by atoms with van der Waals surface area (Å²) in [5, 5.41) is 9.43. The second-order valence-electron chi connectivity index (χ2n) is 15.0. The molecule has 0 spiro atoms. The predicted octanol–water partition coefficient (Wildman–Crippen LogP) is 5.59. The van der Waals surface area contributed by atoms with Crippen LogP contribution in [-0.4, -0.2) is 75.8 Å². The number of hydrogen-bond donors (Lipinski definition) is 1. The van der Waals surface area contributed by atoms with Gasteiger partial charge in [0.1, 0.15) is 22.9 Å². The van der Waals surface area contributed by atoms with Crippen molar-refractivity contribution in [3.05, 3.63) is 71.8 Å². The second-order valence-corrected chi connectivity index (χ2v) is 15.0. The van der Waals surface area contributed by atoms with Crippen molar-refractivity contribution < 1.29 is 38.6 Å². The molecule has 10 nitrogen and oxygen atoms in total. The van der Waals surface area contributed by atoms with Gasteiger partial charge in [-0.15, -0.1) is 0 Å². The molecular formula is C38H52N2O8. The van der Waals surface area contributed by atoms with Crippen LogP contribution in [0.25, 0.3) is 0 Å². The van der Waals surface area contributed by atoms with E-state index in [0.717, 1.165) is 11.1 Å². The molecule has 4 rings (SSSR count). The number of nitrogens with zero attached hydrogens (tertiary/aromatic N) is 2. The molecule has 2 aromatic rings. The molecule has 2 aliphatic rings. The number of hydrogen-bond acceptors (Lipinski definition) is 8. The summed E-state index contributed by atoms with van der Waals surface area (Å²) in [6, 6.07) is 19.1. The van der Waals surface area contributed by atoms with E-state index >= 15 is 0 Å². The van der Waals surface area contributed by atoms with Crippen LogP contribution in [0.5, 0.6) is 0 Å². The SMILES string of the molecule is C[C@H](c1ccccc1)N1C[C@@](CC=O)(C(=O)OC(C)(C)C)CC1=O.C[C@H](c1ccccc1)N1C[C@@](CCO)(C(=O)OC(C)(C)C)CC1=O. The monoisotopic (exact) mass is 664 g/mol. The van der Waals surface area contributed by atoms with E-state index in [2.05, 4.69) is 0 Å². The largest absolute Gasteiger partial charge is 0.459 e. The molecule has 4 atom stereocenters. The highest BCUT2D eigenvalue weighted by molar-refractivity contribution is 5.92. The van der Waals surface area contributed by atoms with Gasteiger partial charge in [0, 0.05) is 39.0 Å². The minimum absolute atomic E-state index is 0.00827. The van der Waals surface area contributed by atoms with Gasteiger partial charge in [-0.3, -0.25) is 19.2 Å². The maximum absolute atomic E-state index is 12.7. The van der Waals surface area contributed by atoms with Gasteiger partial charge in [-0.2, -0.15) is 0 Å². The molecule has 2 fully saturated rings. The quantitative estimate of drug-likeness (QED) is 0.257. The summed E-state index contributed by atoms with van der Waals surface area (Å²) in [6.07, 6.45) is 1.02. The standard InChI is InChI=1S/C19H27NO4.C19H25NO4/c2*1-14(15-8-6-5-7-9-15)20-13-19(10-11-21,12-16(20)22)17(23)24-18(2,3)4/h5-9,14,21H,10-13H2,1-4H3;5-9,11,14H,10,12-13H2,1-4H3/t2*14-,19+/m11/s1. The van der Waals surface area contributed by atoms with Crippen LogP contribution < -0.4 is 0 Å². The lowest BCUT2D eigenvalue weighted by Crippen LogP contribution is -2.41.